The first kappa shape index (κ1) is 20.3. The number of hydrogen-bond acceptors (Lipinski definition) is 2. The lowest BCUT2D eigenvalue weighted by molar-refractivity contribution is -0.137. The van der Waals surface area contributed by atoms with Crippen LogP contribution in [0.5, 0.6) is 0 Å². The van der Waals surface area contributed by atoms with Crippen LogP contribution in [0.3, 0.4) is 0 Å². The summed E-state index contributed by atoms with van der Waals surface area (Å²) in [5, 5.41) is 3.25. The molecule has 2 aliphatic rings. The fraction of sp³-hybridized carbons (Fsp3) is 0.905. The van der Waals surface area contributed by atoms with Crippen molar-refractivity contribution < 1.29 is 9.59 Å². The molecule has 2 heterocycles. The molecule has 1 N–H and O–H groups in total. The molecule has 0 saturated carbocycles. The van der Waals surface area contributed by atoms with Crippen LogP contribution >= 0.6 is 0 Å². The van der Waals surface area contributed by atoms with Gasteiger partial charge in [0.05, 0.1) is 0 Å². The number of rotatable bonds is 8. The van der Waals surface area contributed by atoms with Crippen molar-refractivity contribution in [2.45, 2.75) is 104 Å². The van der Waals surface area contributed by atoms with Gasteiger partial charge in [-0.2, -0.15) is 0 Å². The highest BCUT2D eigenvalue weighted by Crippen LogP contribution is 2.37. The molecule has 2 unspecified atom stereocenters. The second-order valence-electron chi connectivity index (χ2n) is 8.73. The second kappa shape index (κ2) is 9.05. The molecule has 0 aromatic heterocycles. The molecule has 4 atom stereocenters. The molecule has 2 fully saturated rings. The average Bonchev–Trinajstić information content (AvgIpc) is 2.83. The van der Waals surface area contributed by atoms with Crippen molar-refractivity contribution in [3.8, 4) is 0 Å². The molecule has 25 heavy (non-hydrogen) atoms. The predicted octanol–water partition coefficient (Wildman–Crippen LogP) is 4.13. The summed E-state index contributed by atoms with van der Waals surface area (Å²) in [5.41, 5.74) is 0. The Bertz CT molecular complexity index is 445. The Kier molecular flexibility index (Phi) is 7.33. The first-order valence-corrected chi connectivity index (χ1v) is 10.5. The van der Waals surface area contributed by atoms with Crippen LogP contribution in [0.4, 0.5) is 0 Å². The van der Waals surface area contributed by atoms with E-state index in [0.717, 1.165) is 38.5 Å². The van der Waals surface area contributed by atoms with Crippen molar-refractivity contribution in [3.05, 3.63) is 0 Å². The van der Waals surface area contributed by atoms with Gasteiger partial charge in [-0.15, -0.1) is 0 Å². The van der Waals surface area contributed by atoms with E-state index in [9.17, 15) is 9.59 Å². The zero-order chi connectivity index (χ0) is 18.6. The fourth-order valence-electron chi connectivity index (χ4n) is 4.45. The van der Waals surface area contributed by atoms with Gasteiger partial charge in [0, 0.05) is 31.0 Å². The molecule has 144 valence electrons. The molecule has 2 aliphatic heterocycles. The highest BCUT2D eigenvalue weighted by molar-refractivity contribution is 5.78. The average molecular weight is 351 g/mol. The third-order valence-corrected chi connectivity index (χ3v) is 6.65. The Labute approximate surface area is 154 Å². The van der Waals surface area contributed by atoms with Gasteiger partial charge in [-0.3, -0.25) is 9.59 Å². The Hall–Kier alpha value is -1.06. The quantitative estimate of drug-likeness (QED) is 0.715. The van der Waals surface area contributed by atoms with E-state index in [1.165, 1.54) is 0 Å². The van der Waals surface area contributed by atoms with Crippen molar-refractivity contribution in [2.24, 2.45) is 17.8 Å². The number of hydrogen-bond donors (Lipinski definition) is 1. The van der Waals surface area contributed by atoms with Gasteiger partial charge in [0.25, 0.3) is 0 Å². The molecule has 2 rings (SSSR count). The highest BCUT2D eigenvalue weighted by atomic mass is 16.2. The van der Waals surface area contributed by atoms with Gasteiger partial charge in [0.1, 0.15) is 0 Å². The number of amides is 2. The minimum absolute atomic E-state index is 0.183. The normalized spacial score (nSPS) is 27.0. The minimum atomic E-state index is 0.183. The van der Waals surface area contributed by atoms with E-state index < -0.39 is 0 Å². The molecule has 2 bridgehead atoms. The van der Waals surface area contributed by atoms with Crippen LogP contribution in [-0.2, 0) is 9.59 Å². The van der Waals surface area contributed by atoms with Crippen molar-refractivity contribution in [2.75, 3.05) is 0 Å². The van der Waals surface area contributed by atoms with Crippen molar-refractivity contribution in [3.63, 3.8) is 0 Å². The maximum atomic E-state index is 12.8. The van der Waals surface area contributed by atoms with Gasteiger partial charge in [-0.1, -0.05) is 47.5 Å². The monoisotopic (exact) mass is 350 g/mol. The summed E-state index contributed by atoms with van der Waals surface area (Å²) in [5.74, 6) is 1.99. The van der Waals surface area contributed by atoms with Gasteiger partial charge in [0.2, 0.25) is 11.8 Å². The summed E-state index contributed by atoms with van der Waals surface area (Å²) in [6, 6.07) is 0.934. The molecule has 0 aromatic carbocycles. The summed E-state index contributed by atoms with van der Waals surface area (Å²) in [6.07, 6.45) is 7.56. The van der Waals surface area contributed by atoms with E-state index in [-0.39, 0.29) is 11.9 Å². The van der Waals surface area contributed by atoms with Crippen LogP contribution in [0.2, 0.25) is 0 Å². The summed E-state index contributed by atoms with van der Waals surface area (Å²) >= 11 is 0. The van der Waals surface area contributed by atoms with Crippen LogP contribution < -0.4 is 5.32 Å². The summed E-state index contributed by atoms with van der Waals surface area (Å²) in [6.45, 7) is 10.8. The number of carbonyl (C=O) groups excluding carboxylic acids is 2. The van der Waals surface area contributed by atoms with E-state index in [0.29, 0.717) is 48.6 Å². The Morgan fingerprint density at radius 1 is 1.00 bits per heavy atom. The molecule has 4 heteroatoms. The van der Waals surface area contributed by atoms with Gasteiger partial charge in [0.15, 0.2) is 0 Å². The van der Waals surface area contributed by atoms with E-state index in [1.54, 1.807) is 0 Å². The van der Waals surface area contributed by atoms with E-state index in [1.807, 2.05) is 0 Å². The lowest BCUT2D eigenvalue weighted by Gasteiger charge is -2.40. The largest absolute Gasteiger partial charge is 0.353 e. The van der Waals surface area contributed by atoms with E-state index in [4.69, 9.17) is 0 Å². The molecule has 4 nitrogen and oxygen atoms in total. The molecule has 0 aromatic rings. The standard InChI is InChI=1S/C21H38N2O2/c1-6-16(7-2)11-21(25)23-18-8-9-19(23)13-17(12-18)22-20(24)10-15(5)14(3)4/h14-19H,6-13H2,1-5H3,(H,22,24)/t15?,17?,18-,19+. The molecule has 2 amide bonds. The SMILES string of the molecule is CCC(CC)CC(=O)N1[C@@H]2CC[C@H]1CC(NC(=O)CC(C)C(C)C)C2. The molecule has 0 spiro atoms. The third kappa shape index (κ3) is 5.21. The number of carbonyl (C=O) groups is 2. The number of nitrogens with zero attached hydrogens (tertiary/aromatic N) is 1. The maximum Gasteiger partial charge on any atom is 0.223 e. The number of fused-ring (bicyclic) bond motifs is 2. The highest BCUT2D eigenvalue weighted by Gasteiger charge is 2.43. The van der Waals surface area contributed by atoms with Crippen molar-refractivity contribution in [1.29, 1.82) is 0 Å². The number of piperidine rings is 1. The zero-order valence-electron chi connectivity index (χ0n) is 16.9. The minimum Gasteiger partial charge on any atom is -0.353 e. The zero-order valence-corrected chi connectivity index (χ0v) is 16.9. The van der Waals surface area contributed by atoms with Crippen molar-refractivity contribution in [1.82, 2.24) is 10.2 Å². The predicted molar refractivity (Wildman–Crippen MR) is 102 cm³/mol. The second-order valence-corrected chi connectivity index (χ2v) is 8.73. The summed E-state index contributed by atoms with van der Waals surface area (Å²) < 4.78 is 0. The molecular formula is C21H38N2O2. The van der Waals surface area contributed by atoms with Crippen LogP contribution in [0.25, 0.3) is 0 Å². The third-order valence-electron chi connectivity index (χ3n) is 6.65. The van der Waals surface area contributed by atoms with Gasteiger partial charge < -0.3 is 10.2 Å². The maximum absolute atomic E-state index is 12.8. The van der Waals surface area contributed by atoms with Gasteiger partial charge in [-0.25, -0.2) is 0 Å². The Morgan fingerprint density at radius 2 is 1.56 bits per heavy atom. The number of nitrogens with one attached hydrogen (secondary N) is 1. The van der Waals surface area contributed by atoms with Crippen LogP contribution in [0.1, 0.15) is 86.0 Å². The Morgan fingerprint density at radius 3 is 2.04 bits per heavy atom. The smallest absolute Gasteiger partial charge is 0.223 e. The van der Waals surface area contributed by atoms with E-state index >= 15 is 0 Å². The summed E-state index contributed by atoms with van der Waals surface area (Å²) in [7, 11) is 0. The lowest BCUT2D eigenvalue weighted by Crippen LogP contribution is -2.52. The molecule has 0 radical (unpaired) electrons. The summed E-state index contributed by atoms with van der Waals surface area (Å²) in [4.78, 5) is 27.3. The molecular weight excluding hydrogens is 312 g/mol. The van der Waals surface area contributed by atoms with Crippen molar-refractivity contribution >= 4 is 11.8 Å². The van der Waals surface area contributed by atoms with Crippen LogP contribution in [0.15, 0.2) is 0 Å². The van der Waals surface area contributed by atoms with Crippen LogP contribution in [0, 0.1) is 17.8 Å². The van der Waals surface area contributed by atoms with Gasteiger partial charge >= 0.3 is 0 Å². The Balaban J connectivity index is 1.87. The first-order chi connectivity index (χ1) is 11.8. The molecule has 2 saturated heterocycles. The lowest BCUT2D eigenvalue weighted by atomic mass is 9.92. The van der Waals surface area contributed by atoms with Gasteiger partial charge in [-0.05, 0) is 43.4 Å². The topological polar surface area (TPSA) is 49.4 Å². The first-order valence-electron chi connectivity index (χ1n) is 10.5. The van der Waals surface area contributed by atoms with E-state index in [2.05, 4.69) is 44.8 Å². The fourth-order valence-corrected chi connectivity index (χ4v) is 4.45. The van der Waals surface area contributed by atoms with Crippen LogP contribution in [-0.4, -0.2) is 34.8 Å². The molecule has 0 aliphatic carbocycles.